The second-order valence-corrected chi connectivity index (χ2v) is 11.7. The number of ether oxygens (including phenoxy) is 2. The first kappa shape index (κ1) is 37.6. The van der Waals surface area contributed by atoms with Crippen molar-refractivity contribution in [3.05, 3.63) is 59.4 Å². The topological polar surface area (TPSA) is 113 Å². The van der Waals surface area contributed by atoms with Gasteiger partial charge in [-0.15, -0.1) is 0 Å². The largest absolute Gasteiger partial charge is 0.494 e. The van der Waals surface area contributed by atoms with E-state index in [-0.39, 0.29) is 17.9 Å². The lowest BCUT2D eigenvalue weighted by atomic mass is 10.0. The van der Waals surface area contributed by atoms with Crippen molar-refractivity contribution < 1.29 is 38.5 Å². The van der Waals surface area contributed by atoms with Crippen molar-refractivity contribution in [1.82, 2.24) is 4.90 Å². The van der Waals surface area contributed by atoms with Crippen LogP contribution in [0.15, 0.2) is 42.5 Å². The summed E-state index contributed by atoms with van der Waals surface area (Å²) in [6.45, 7) is 1.07. The van der Waals surface area contributed by atoms with Crippen LogP contribution < -0.4 is 9.47 Å². The number of rotatable bonds is 26. The van der Waals surface area contributed by atoms with Gasteiger partial charge in [-0.05, 0) is 42.3 Å². The molecule has 0 heterocycles. The molecule has 0 radical (unpaired) electrons. The van der Waals surface area contributed by atoms with Gasteiger partial charge in [-0.1, -0.05) is 115 Å². The highest BCUT2D eigenvalue weighted by atomic mass is 19.1. The van der Waals surface area contributed by atoms with Crippen LogP contribution >= 0.6 is 0 Å². The highest BCUT2D eigenvalue weighted by Crippen LogP contribution is 2.27. The van der Waals surface area contributed by atoms with E-state index >= 15 is 0 Å². The van der Waals surface area contributed by atoms with Crippen molar-refractivity contribution in [2.75, 3.05) is 19.7 Å². The van der Waals surface area contributed by atoms with Gasteiger partial charge in [-0.2, -0.15) is 0 Å². The van der Waals surface area contributed by atoms with Gasteiger partial charge in [0.2, 0.25) is 0 Å². The summed E-state index contributed by atoms with van der Waals surface area (Å²) in [6.07, 6.45) is 20.4. The number of carbonyl (C=O) groups excluding carboxylic acids is 1. The Morgan fingerprint density at radius 1 is 0.689 bits per heavy atom. The third kappa shape index (κ3) is 16.9. The zero-order chi connectivity index (χ0) is 32.7. The zero-order valence-electron chi connectivity index (χ0n) is 26.9. The molecular weight excluding hydrogens is 577 g/mol. The first-order chi connectivity index (χ1) is 21.8. The van der Waals surface area contributed by atoms with Crippen molar-refractivity contribution in [2.45, 2.75) is 116 Å². The maximum absolute atomic E-state index is 13.6. The molecule has 0 atom stereocenters. The lowest BCUT2D eigenvalue weighted by Gasteiger charge is -2.21. The molecular formula is C36H52FNO7. The molecule has 2 N–H and O–H groups in total. The summed E-state index contributed by atoms with van der Waals surface area (Å²) in [7, 11) is 0. The van der Waals surface area contributed by atoms with Crippen LogP contribution in [0.3, 0.4) is 0 Å². The summed E-state index contributed by atoms with van der Waals surface area (Å²) < 4.78 is 25.3. The van der Waals surface area contributed by atoms with Crippen molar-refractivity contribution in [3.8, 4) is 11.5 Å². The number of carboxylic acids is 2. The first-order valence-corrected chi connectivity index (χ1v) is 16.7. The van der Waals surface area contributed by atoms with Crippen LogP contribution in [0.4, 0.5) is 4.39 Å². The number of hydrogen-bond acceptors (Lipinski definition) is 5. The average molecular weight is 630 g/mol. The fourth-order valence-electron chi connectivity index (χ4n) is 5.22. The smallest absolute Gasteiger partial charge is 0.323 e. The Hall–Kier alpha value is -3.62. The van der Waals surface area contributed by atoms with E-state index in [0.717, 1.165) is 19.3 Å². The fraction of sp³-hybridized carbons (Fsp3) is 0.583. The average Bonchev–Trinajstić information content (AvgIpc) is 3.00. The SMILES string of the molecule is CCCCCCCCCCCCCCCCCCOc1ccc(OCc2cccc(F)c2)c(C(=O)N(CC(=O)O)CC(=O)O)c1. The summed E-state index contributed by atoms with van der Waals surface area (Å²) in [6, 6.07) is 10.4. The van der Waals surface area contributed by atoms with Gasteiger partial charge in [0.05, 0.1) is 12.2 Å². The number of halogens is 1. The molecule has 0 aromatic heterocycles. The van der Waals surface area contributed by atoms with Gasteiger partial charge >= 0.3 is 11.9 Å². The van der Waals surface area contributed by atoms with E-state index < -0.39 is 36.8 Å². The van der Waals surface area contributed by atoms with Crippen LogP contribution in [-0.4, -0.2) is 52.7 Å². The van der Waals surface area contributed by atoms with Crippen LogP contribution in [0, 0.1) is 5.82 Å². The van der Waals surface area contributed by atoms with Crippen LogP contribution in [-0.2, 0) is 16.2 Å². The first-order valence-electron chi connectivity index (χ1n) is 16.7. The molecule has 250 valence electrons. The summed E-state index contributed by atoms with van der Waals surface area (Å²) >= 11 is 0. The molecule has 0 unspecified atom stereocenters. The van der Waals surface area contributed by atoms with E-state index in [1.165, 1.54) is 114 Å². The number of nitrogens with zero attached hydrogens (tertiary/aromatic N) is 1. The molecule has 2 aromatic carbocycles. The lowest BCUT2D eigenvalue weighted by molar-refractivity contribution is -0.140. The molecule has 1 amide bonds. The molecule has 0 saturated carbocycles. The Kier molecular flexibility index (Phi) is 19.1. The molecule has 0 saturated heterocycles. The van der Waals surface area contributed by atoms with E-state index in [1.54, 1.807) is 12.1 Å². The van der Waals surface area contributed by atoms with Gasteiger partial charge in [0.25, 0.3) is 5.91 Å². The minimum atomic E-state index is -1.34. The van der Waals surface area contributed by atoms with Crippen molar-refractivity contribution in [1.29, 1.82) is 0 Å². The summed E-state index contributed by atoms with van der Waals surface area (Å²) in [4.78, 5) is 36.7. The number of hydrogen-bond donors (Lipinski definition) is 2. The maximum Gasteiger partial charge on any atom is 0.323 e. The molecule has 8 nitrogen and oxygen atoms in total. The number of carbonyl (C=O) groups is 3. The van der Waals surface area contributed by atoms with Crippen LogP contribution in [0.1, 0.15) is 126 Å². The normalized spacial score (nSPS) is 10.9. The molecule has 45 heavy (non-hydrogen) atoms. The molecule has 2 aromatic rings. The van der Waals surface area contributed by atoms with Gasteiger partial charge in [0, 0.05) is 0 Å². The van der Waals surface area contributed by atoms with E-state index in [4.69, 9.17) is 9.47 Å². The van der Waals surface area contributed by atoms with E-state index in [1.807, 2.05) is 0 Å². The Labute approximate surface area is 267 Å². The second-order valence-electron chi connectivity index (χ2n) is 11.7. The van der Waals surface area contributed by atoms with E-state index in [9.17, 15) is 29.0 Å². The third-order valence-electron chi connectivity index (χ3n) is 7.67. The Morgan fingerprint density at radius 2 is 1.22 bits per heavy atom. The van der Waals surface area contributed by atoms with E-state index in [2.05, 4.69) is 6.92 Å². The quantitative estimate of drug-likeness (QED) is 0.100. The highest BCUT2D eigenvalue weighted by molar-refractivity contribution is 6.00. The lowest BCUT2D eigenvalue weighted by Crippen LogP contribution is -2.39. The van der Waals surface area contributed by atoms with Gasteiger partial charge in [-0.3, -0.25) is 14.4 Å². The minimum absolute atomic E-state index is 0.0293. The maximum atomic E-state index is 13.6. The molecule has 0 bridgehead atoms. The van der Waals surface area contributed by atoms with Crippen molar-refractivity contribution >= 4 is 17.8 Å². The third-order valence-corrected chi connectivity index (χ3v) is 7.67. The van der Waals surface area contributed by atoms with Crippen molar-refractivity contribution in [3.63, 3.8) is 0 Å². The Balaban J connectivity index is 1.78. The number of unbranched alkanes of at least 4 members (excludes halogenated alkanes) is 15. The summed E-state index contributed by atoms with van der Waals surface area (Å²) in [5, 5.41) is 18.5. The summed E-state index contributed by atoms with van der Waals surface area (Å²) in [5.74, 6) is -3.44. The van der Waals surface area contributed by atoms with Crippen LogP contribution in [0.5, 0.6) is 11.5 Å². The number of amides is 1. The summed E-state index contributed by atoms with van der Waals surface area (Å²) in [5.41, 5.74) is 0.503. The van der Waals surface area contributed by atoms with Crippen LogP contribution in [0.2, 0.25) is 0 Å². The van der Waals surface area contributed by atoms with Crippen LogP contribution in [0.25, 0.3) is 0 Å². The van der Waals surface area contributed by atoms with E-state index in [0.29, 0.717) is 22.8 Å². The van der Waals surface area contributed by atoms with Crippen molar-refractivity contribution in [2.24, 2.45) is 0 Å². The minimum Gasteiger partial charge on any atom is -0.494 e. The molecule has 0 spiro atoms. The molecule has 9 heteroatoms. The Morgan fingerprint density at radius 3 is 1.73 bits per heavy atom. The predicted octanol–water partition coefficient (Wildman–Crippen LogP) is 8.66. The zero-order valence-corrected chi connectivity index (χ0v) is 26.9. The van der Waals surface area contributed by atoms with Gasteiger partial charge in [0.1, 0.15) is 37.0 Å². The fourth-order valence-corrected chi connectivity index (χ4v) is 5.22. The predicted molar refractivity (Wildman–Crippen MR) is 173 cm³/mol. The second kappa shape index (κ2) is 22.8. The molecule has 0 fully saturated rings. The van der Waals surface area contributed by atoms with Gasteiger partial charge in [-0.25, -0.2) is 4.39 Å². The number of aliphatic carboxylic acids is 2. The molecule has 0 aliphatic carbocycles. The van der Waals surface area contributed by atoms with Gasteiger partial charge in [0.15, 0.2) is 0 Å². The Bertz CT molecular complexity index is 1140. The number of carboxylic acid groups (broad SMARTS) is 2. The monoisotopic (exact) mass is 629 g/mol. The molecule has 0 aliphatic heterocycles. The highest BCUT2D eigenvalue weighted by Gasteiger charge is 2.25. The molecule has 2 rings (SSSR count). The standard InChI is InChI=1S/C36H52FNO7/c1-2-3-4-5-6-7-8-9-10-11-12-13-14-15-16-17-23-44-31-21-22-33(45-28-29-19-18-20-30(37)24-29)32(25-31)36(43)38(26-34(39)40)27-35(41)42/h18-22,24-25H,2-17,23,26-28H2,1H3,(H,39,40)(H,41,42). The number of benzene rings is 2. The van der Waals surface area contributed by atoms with Gasteiger partial charge < -0.3 is 24.6 Å². The molecule has 0 aliphatic rings.